The van der Waals surface area contributed by atoms with Crippen LogP contribution in [0.3, 0.4) is 0 Å². The van der Waals surface area contributed by atoms with Gasteiger partial charge < -0.3 is 10.1 Å². The molecular formula is C17H23ClFNO. The van der Waals surface area contributed by atoms with Gasteiger partial charge in [0.2, 0.25) is 0 Å². The molecule has 2 nitrogen and oxygen atoms in total. The summed E-state index contributed by atoms with van der Waals surface area (Å²) in [6.07, 6.45) is 5.51. The van der Waals surface area contributed by atoms with Crippen LogP contribution in [0.15, 0.2) is 18.2 Å². The van der Waals surface area contributed by atoms with Gasteiger partial charge in [0.05, 0.1) is 5.60 Å². The van der Waals surface area contributed by atoms with E-state index in [1.807, 2.05) is 0 Å². The van der Waals surface area contributed by atoms with Crippen LogP contribution < -0.4 is 5.32 Å². The zero-order valence-electron chi connectivity index (χ0n) is 12.5. The van der Waals surface area contributed by atoms with E-state index >= 15 is 0 Å². The van der Waals surface area contributed by atoms with Crippen LogP contribution in [-0.4, -0.2) is 18.8 Å². The van der Waals surface area contributed by atoms with Gasteiger partial charge in [-0.1, -0.05) is 24.6 Å². The first-order valence-corrected chi connectivity index (χ1v) is 8.34. The Morgan fingerprint density at radius 2 is 2.29 bits per heavy atom. The fraction of sp³-hybridized carbons (Fsp3) is 0.647. The van der Waals surface area contributed by atoms with Crippen molar-refractivity contribution in [2.45, 2.75) is 50.7 Å². The molecule has 1 N–H and O–H groups in total. The van der Waals surface area contributed by atoms with Crippen LogP contribution in [0.1, 0.15) is 50.6 Å². The highest BCUT2D eigenvalue weighted by Crippen LogP contribution is 2.48. The Kier molecular flexibility index (Phi) is 4.53. The third-order valence-corrected chi connectivity index (χ3v) is 5.33. The Balaban J connectivity index is 1.87. The minimum Gasteiger partial charge on any atom is -0.375 e. The molecule has 1 saturated heterocycles. The molecular weight excluding hydrogens is 289 g/mol. The number of rotatable bonds is 4. The highest BCUT2D eigenvalue weighted by atomic mass is 35.5. The van der Waals surface area contributed by atoms with Crippen LogP contribution in [0.4, 0.5) is 4.39 Å². The van der Waals surface area contributed by atoms with E-state index in [4.69, 9.17) is 16.3 Å². The summed E-state index contributed by atoms with van der Waals surface area (Å²) in [5.74, 6) is 0.177. The van der Waals surface area contributed by atoms with Gasteiger partial charge in [-0.3, -0.25) is 0 Å². The van der Waals surface area contributed by atoms with Crippen molar-refractivity contribution in [2.24, 2.45) is 5.92 Å². The van der Waals surface area contributed by atoms with Gasteiger partial charge in [0, 0.05) is 23.2 Å². The molecule has 0 aromatic heterocycles. The molecule has 1 aromatic carbocycles. The van der Waals surface area contributed by atoms with Crippen molar-refractivity contribution in [3.05, 3.63) is 34.6 Å². The molecule has 1 aromatic rings. The third kappa shape index (κ3) is 2.96. The molecule has 21 heavy (non-hydrogen) atoms. The predicted octanol–water partition coefficient (Wildman–Crippen LogP) is 4.48. The van der Waals surface area contributed by atoms with Gasteiger partial charge in [-0.05, 0) is 56.7 Å². The minimum absolute atomic E-state index is 0.0231. The van der Waals surface area contributed by atoms with E-state index in [-0.39, 0.29) is 17.5 Å². The molecule has 4 heteroatoms. The van der Waals surface area contributed by atoms with Gasteiger partial charge in [0.25, 0.3) is 0 Å². The first kappa shape index (κ1) is 15.3. The van der Waals surface area contributed by atoms with Crippen molar-refractivity contribution in [2.75, 3.05) is 13.2 Å². The van der Waals surface area contributed by atoms with Gasteiger partial charge in [-0.2, -0.15) is 0 Å². The maximum atomic E-state index is 14.3. The Morgan fingerprint density at radius 3 is 2.90 bits per heavy atom. The summed E-state index contributed by atoms with van der Waals surface area (Å²) in [7, 11) is 0. The summed E-state index contributed by atoms with van der Waals surface area (Å²) in [6.45, 7) is 3.64. The molecule has 0 bridgehead atoms. The Morgan fingerprint density at radius 1 is 1.48 bits per heavy atom. The summed E-state index contributed by atoms with van der Waals surface area (Å²) in [6, 6.07) is 4.93. The van der Waals surface area contributed by atoms with Crippen molar-refractivity contribution in [3.8, 4) is 0 Å². The molecule has 1 heterocycles. The van der Waals surface area contributed by atoms with Crippen LogP contribution >= 0.6 is 11.6 Å². The quantitative estimate of drug-likeness (QED) is 0.885. The number of hydrogen-bond acceptors (Lipinski definition) is 2. The molecule has 2 aliphatic rings. The van der Waals surface area contributed by atoms with E-state index in [0.717, 1.165) is 38.8 Å². The Bertz CT molecular complexity index is 483. The molecule has 1 spiro atoms. The number of benzene rings is 1. The average molecular weight is 312 g/mol. The fourth-order valence-electron chi connectivity index (χ4n) is 3.80. The summed E-state index contributed by atoms with van der Waals surface area (Å²) in [5.41, 5.74) is 0.691. The lowest BCUT2D eigenvalue weighted by atomic mass is 9.69. The van der Waals surface area contributed by atoms with E-state index in [2.05, 4.69) is 12.2 Å². The zero-order chi connectivity index (χ0) is 14.9. The van der Waals surface area contributed by atoms with Crippen molar-refractivity contribution in [1.82, 2.24) is 5.32 Å². The first-order chi connectivity index (χ1) is 10.2. The van der Waals surface area contributed by atoms with Crippen LogP contribution in [0.25, 0.3) is 0 Å². The molecule has 0 radical (unpaired) electrons. The predicted molar refractivity (Wildman–Crippen MR) is 83.1 cm³/mol. The monoisotopic (exact) mass is 311 g/mol. The van der Waals surface area contributed by atoms with Crippen molar-refractivity contribution >= 4 is 11.6 Å². The normalized spacial score (nSPS) is 25.6. The maximum absolute atomic E-state index is 14.3. The number of nitrogens with one attached hydrogen (secondary N) is 1. The topological polar surface area (TPSA) is 21.3 Å². The highest BCUT2D eigenvalue weighted by Gasteiger charge is 2.44. The summed E-state index contributed by atoms with van der Waals surface area (Å²) in [4.78, 5) is 0. The van der Waals surface area contributed by atoms with Crippen LogP contribution in [0, 0.1) is 11.7 Å². The highest BCUT2D eigenvalue weighted by molar-refractivity contribution is 6.31. The molecule has 2 fully saturated rings. The zero-order valence-corrected chi connectivity index (χ0v) is 13.3. The van der Waals surface area contributed by atoms with Crippen LogP contribution in [-0.2, 0) is 4.74 Å². The van der Waals surface area contributed by atoms with E-state index in [0.29, 0.717) is 16.5 Å². The maximum Gasteiger partial charge on any atom is 0.129 e. The molecule has 1 aliphatic heterocycles. The largest absolute Gasteiger partial charge is 0.375 e. The van der Waals surface area contributed by atoms with E-state index in [9.17, 15) is 4.39 Å². The average Bonchev–Trinajstić information content (AvgIpc) is 2.44. The molecule has 3 rings (SSSR count). The lowest BCUT2D eigenvalue weighted by Gasteiger charge is -2.49. The SMILES string of the molecule is CCNC(c1c(F)cccc1Cl)C1CCOC2(CCC2)C1. The van der Waals surface area contributed by atoms with E-state index < -0.39 is 0 Å². The standard InChI is InChI=1S/C17H23ClFNO/c1-2-20-16(15-13(18)5-3-6-14(15)19)12-7-10-21-17(11-12)8-4-9-17/h3,5-6,12,16,20H,2,4,7-11H2,1H3. The second-order valence-corrected chi connectivity index (χ2v) is 6.72. The van der Waals surface area contributed by atoms with Gasteiger partial charge in [0.15, 0.2) is 0 Å². The van der Waals surface area contributed by atoms with E-state index in [1.165, 1.54) is 12.5 Å². The molecule has 0 amide bonds. The summed E-state index contributed by atoms with van der Waals surface area (Å²) in [5, 5.41) is 3.98. The fourth-order valence-corrected chi connectivity index (χ4v) is 4.08. The van der Waals surface area contributed by atoms with Crippen molar-refractivity contribution in [1.29, 1.82) is 0 Å². The summed E-state index contributed by atoms with van der Waals surface area (Å²) >= 11 is 6.29. The first-order valence-electron chi connectivity index (χ1n) is 7.96. The van der Waals surface area contributed by atoms with Gasteiger partial charge in [-0.15, -0.1) is 0 Å². The smallest absolute Gasteiger partial charge is 0.129 e. The second-order valence-electron chi connectivity index (χ2n) is 6.31. The Labute approximate surface area is 131 Å². The second kappa shape index (κ2) is 6.23. The van der Waals surface area contributed by atoms with Crippen molar-refractivity contribution < 1.29 is 9.13 Å². The summed E-state index contributed by atoms with van der Waals surface area (Å²) < 4.78 is 20.3. The van der Waals surface area contributed by atoms with Crippen LogP contribution in [0.5, 0.6) is 0 Å². The lowest BCUT2D eigenvalue weighted by molar-refractivity contribution is -0.147. The van der Waals surface area contributed by atoms with Gasteiger partial charge >= 0.3 is 0 Å². The minimum atomic E-state index is -0.206. The molecule has 2 atom stereocenters. The lowest BCUT2D eigenvalue weighted by Crippen LogP contribution is -2.48. The molecule has 1 saturated carbocycles. The number of halogens is 2. The Hall–Kier alpha value is -0.640. The number of hydrogen-bond donors (Lipinski definition) is 1. The van der Waals surface area contributed by atoms with Crippen molar-refractivity contribution in [3.63, 3.8) is 0 Å². The van der Waals surface area contributed by atoms with E-state index in [1.54, 1.807) is 12.1 Å². The third-order valence-electron chi connectivity index (χ3n) is 5.00. The number of ether oxygens (including phenoxy) is 1. The van der Waals surface area contributed by atoms with Gasteiger partial charge in [0.1, 0.15) is 5.82 Å². The molecule has 116 valence electrons. The van der Waals surface area contributed by atoms with Crippen LogP contribution in [0.2, 0.25) is 5.02 Å². The molecule has 1 aliphatic carbocycles. The van der Waals surface area contributed by atoms with Gasteiger partial charge in [-0.25, -0.2) is 4.39 Å². The molecule has 2 unspecified atom stereocenters.